The van der Waals surface area contributed by atoms with E-state index in [0.29, 0.717) is 0 Å². The molecule has 1 N–H and O–H groups in total. The summed E-state index contributed by atoms with van der Waals surface area (Å²) in [5.41, 5.74) is 1.20. The van der Waals surface area contributed by atoms with Crippen LogP contribution in [0.15, 0.2) is 24.3 Å². The predicted octanol–water partition coefficient (Wildman–Crippen LogP) is 2.39. The van der Waals surface area contributed by atoms with Crippen LogP contribution >= 0.6 is 22.6 Å². The lowest BCUT2D eigenvalue weighted by Crippen LogP contribution is -1.97. The van der Waals surface area contributed by atoms with Crippen LogP contribution in [-0.2, 0) is 0 Å². The van der Waals surface area contributed by atoms with Gasteiger partial charge in [-0.3, -0.25) is 0 Å². The number of aliphatic hydroxyl groups is 1. The lowest BCUT2D eigenvalue weighted by Gasteiger charge is -2.06. The van der Waals surface area contributed by atoms with Gasteiger partial charge in [-0.15, -0.1) is 0 Å². The molecule has 1 aromatic rings. The van der Waals surface area contributed by atoms with Gasteiger partial charge in [-0.25, -0.2) is 0 Å². The summed E-state index contributed by atoms with van der Waals surface area (Å²) in [6, 6.07) is 8.23. The highest BCUT2D eigenvalue weighted by atomic mass is 127. The molecule has 0 unspecified atom stereocenters. The average Bonchev–Trinajstić information content (AvgIpc) is 2.05. The number of hydrogen-bond acceptors (Lipinski definition) is 1. The van der Waals surface area contributed by atoms with Gasteiger partial charge >= 0.3 is 0 Å². The van der Waals surface area contributed by atoms with E-state index in [0.717, 1.165) is 0 Å². The first-order chi connectivity index (χ1) is 5.24. The van der Waals surface area contributed by atoms with E-state index in [-0.39, 0.29) is 12.5 Å². The Labute approximate surface area is 80.6 Å². The fraction of sp³-hybridized carbons (Fsp3) is 0.333. The van der Waals surface area contributed by atoms with Crippen molar-refractivity contribution in [2.24, 2.45) is 0 Å². The number of benzene rings is 1. The van der Waals surface area contributed by atoms with Crippen LogP contribution in [0.2, 0.25) is 0 Å². The SMILES string of the molecule is C[C@@H](CO)c1ccc(I)cc1. The molecule has 1 atom stereocenters. The van der Waals surface area contributed by atoms with Gasteiger partial charge in [0.2, 0.25) is 0 Å². The molecule has 0 amide bonds. The molecular formula is C9H11IO. The topological polar surface area (TPSA) is 20.2 Å². The van der Waals surface area contributed by atoms with E-state index in [1.54, 1.807) is 0 Å². The minimum atomic E-state index is 0.223. The summed E-state index contributed by atoms with van der Waals surface area (Å²) in [7, 11) is 0. The molecule has 0 heterocycles. The van der Waals surface area contributed by atoms with Crippen molar-refractivity contribution in [2.75, 3.05) is 6.61 Å². The van der Waals surface area contributed by atoms with Gasteiger partial charge < -0.3 is 5.11 Å². The van der Waals surface area contributed by atoms with Crippen molar-refractivity contribution < 1.29 is 5.11 Å². The first-order valence-electron chi connectivity index (χ1n) is 3.60. The molecule has 60 valence electrons. The third kappa shape index (κ3) is 2.45. The summed E-state index contributed by atoms with van der Waals surface area (Å²) in [4.78, 5) is 0. The van der Waals surface area contributed by atoms with Crippen LogP contribution in [0.3, 0.4) is 0 Å². The Morgan fingerprint density at radius 2 is 1.91 bits per heavy atom. The molecule has 0 aromatic heterocycles. The predicted molar refractivity (Wildman–Crippen MR) is 54.7 cm³/mol. The van der Waals surface area contributed by atoms with Gasteiger partial charge in [0, 0.05) is 16.1 Å². The van der Waals surface area contributed by atoms with E-state index in [1.807, 2.05) is 6.92 Å². The van der Waals surface area contributed by atoms with Crippen LogP contribution in [0.4, 0.5) is 0 Å². The van der Waals surface area contributed by atoms with Gasteiger partial charge in [-0.05, 0) is 40.3 Å². The van der Waals surface area contributed by atoms with Crippen molar-refractivity contribution in [3.63, 3.8) is 0 Å². The quantitative estimate of drug-likeness (QED) is 0.811. The molecule has 0 spiro atoms. The van der Waals surface area contributed by atoms with E-state index in [9.17, 15) is 0 Å². The van der Waals surface area contributed by atoms with Gasteiger partial charge in [0.1, 0.15) is 0 Å². The van der Waals surface area contributed by atoms with Crippen molar-refractivity contribution in [1.82, 2.24) is 0 Å². The molecular weight excluding hydrogens is 251 g/mol. The van der Waals surface area contributed by atoms with E-state index in [4.69, 9.17) is 5.11 Å². The van der Waals surface area contributed by atoms with Crippen molar-refractivity contribution in [2.45, 2.75) is 12.8 Å². The van der Waals surface area contributed by atoms with Crippen LogP contribution in [0.25, 0.3) is 0 Å². The number of hydrogen-bond donors (Lipinski definition) is 1. The lowest BCUT2D eigenvalue weighted by molar-refractivity contribution is 0.273. The molecule has 0 fully saturated rings. The third-order valence-corrected chi connectivity index (χ3v) is 2.43. The summed E-state index contributed by atoms with van der Waals surface area (Å²) >= 11 is 2.27. The number of aliphatic hydroxyl groups excluding tert-OH is 1. The Morgan fingerprint density at radius 1 is 1.36 bits per heavy atom. The number of halogens is 1. The Morgan fingerprint density at radius 3 is 2.36 bits per heavy atom. The summed E-state index contributed by atoms with van der Waals surface area (Å²) in [5.74, 6) is 0.256. The zero-order valence-electron chi connectivity index (χ0n) is 6.42. The Hall–Kier alpha value is -0.0900. The molecule has 0 aliphatic rings. The van der Waals surface area contributed by atoms with E-state index in [2.05, 4.69) is 46.9 Å². The second kappa shape index (κ2) is 4.07. The highest BCUT2D eigenvalue weighted by Crippen LogP contribution is 2.15. The minimum Gasteiger partial charge on any atom is -0.396 e. The first-order valence-corrected chi connectivity index (χ1v) is 4.68. The van der Waals surface area contributed by atoms with Crippen molar-refractivity contribution in [3.8, 4) is 0 Å². The Bertz CT molecular complexity index is 218. The van der Waals surface area contributed by atoms with Gasteiger partial charge in [-0.1, -0.05) is 19.1 Å². The van der Waals surface area contributed by atoms with Gasteiger partial charge in [0.25, 0.3) is 0 Å². The molecule has 1 aromatic carbocycles. The third-order valence-electron chi connectivity index (χ3n) is 1.71. The molecule has 2 heteroatoms. The van der Waals surface area contributed by atoms with E-state index in [1.165, 1.54) is 9.13 Å². The standard InChI is InChI=1S/C9H11IO/c1-7(6-11)8-2-4-9(10)5-3-8/h2-5,7,11H,6H2,1H3/t7-/m0/s1. The van der Waals surface area contributed by atoms with E-state index >= 15 is 0 Å². The molecule has 11 heavy (non-hydrogen) atoms. The molecule has 1 rings (SSSR count). The van der Waals surface area contributed by atoms with Crippen LogP contribution in [0.1, 0.15) is 18.4 Å². The van der Waals surface area contributed by atoms with Crippen molar-refractivity contribution in [3.05, 3.63) is 33.4 Å². The second-order valence-electron chi connectivity index (χ2n) is 2.64. The molecule has 0 saturated heterocycles. The van der Waals surface area contributed by atoms with Gasteiger partial charge in [0.05, 0.1) is 0 Å². The smallest absolute Gasteiger partial charge is 0.0497 e. The van der Waals surface area contributed by atoms with Gasteiger partial charge in [0.15, 0.2) is 0 Å². The summed E-state index contributed by atoms with van der Waals surface area (Å²) in [6.45, 7) is 2.24. The molecule has 0 bridgehead atoms. The van der Waals surface area contributed by atoms with Crippen molar-refractivity contribution in [1.29, 1.82) is 0 Å². The zero-order chi connectivity index (χ0) is 8.27. The second-order valence-corrected chi connectivity index (χ2v) is 3.88. The fourth-order valence-electron chi connectivity index (χ4n) is 0.897. The molecule has 0 aliphatic heterocycles. The van der Waals surface area contributed by atoms with Crippen molar-refractivity contribution >= 4 is 22.6 Å². The maximum atomic E-state index is 8.86. The average molecular weight is 262 g/mol. The molecule has 0 aliphatic carbocycles. The summed E-state index contributed by atoms with van der Waals surface area (Å²) in [6.07, 6.45) is 0. The Kier molecular flexibility index (Phi) is 3.33. The lowest BCUT2D eigenvalue weighted by atomic mass is 10.0. The highest BCUT2D eigenvalue weighted by Gasteiger charge is 2.01. The monoisotopic (exact) mass is 262 g/mol. The fourth-order valence-corrected chi connectivity index (χ4v) is 1.26. The van der Waals surface area contributed by atoms with Crippen LogP contribution in [0.5, 0.6) is 0 Å². The first kappa shape index (κ1) is 9.00. The molecule has 0 radical (unpaired) electrons. The molecule has 0 saturated carbocycles. The van der Waals surface area contributed by atoms with Crippen LogP contribution < -0.4 is 0 Å². The maximum Gasteiger partial charge on any atom is 0.0497 e. The van der Waals surface area contributed by atoms with Crippen LogP contribution in [-0.4, -0.2) is 11.7 Å². The zero-order valence-corrected chi connectivity index (χ0v) is 8.58. The minimum absolute atomic E-state index is 0.223. The number of rotatable bonds is 2. The maximum absolute atomic E-state index is 8.86. The summed E-state index contributed by atoms with van der Waals surface area (Å²) < 4.78 is 1.23. The normalized spacial score (nSPS) is 13.0. The largest absolute Gasteiger partial charge is 0.396 e. The highest BCUT2D eigenvalue weighted by molar-refractivity contribution is 14.1. The molecule has 1 nitrogen and oxygen atoms in total. The Balaban J connectivity index is 2.81. The van der Waals surface area contributed by atoms with E-state index < -0.39 is 0 Å². The van der Waals surface area contributed by atoms with Crippen LogP contribution in [0, 0.1) is 3.57 Å². The van der Waals surface area contributed by atoms with Gasteiger partial charge in [-0.2, -0.15) is 0 Å². The summed E-state index contributed by atoms with van der Waals surface area (Å²) in [5, 5.41) is 8.86.